The Labute approximate surface area is 118 Å². The number of rotatable bonds is 5. The van der Waals surface area contributed by atoms with Crippen LogP contribution in [0.1, 0.15) is 12.0 Å². The van der Waals surface area contributed by atoms with Crippen molar-refractivity contribution in [2.24, 2.45) is 11.7 Å². The van der Waals surface area contributed by atoms with Crippen molar-refractivity contribution in [1.82, 2.24) is 0 Å². The molecule has 0 saturated carbocycles. The summed E-state index contributed by atoms with van der Waals surface area (Å²) in [6.07, 6.45) is 3.15. The van der Waals surface area contributed by atoms with Crippen molar-refractivity contribution >= 4 is 23.3 Å². The average molecular weight is 279 g/mol. The van der Waals surface area contributed by atoms with Crippen molar-refractivity contribution in [2.45, 2.75) is 11.3 Å². The number of hydrogen-bond acceptors (Lipinski definition) is 4. The standard InChI is InChI=1S/C14H21N3OS/c1-18-9-10-6-7-17(8-10)11-4-3-5-12(19-2)13(11)14(15)16/h3-5,10H,6-9H2,1-2H3,(H3,15,16). The van der Waals surface area contributed by atoms with Crippen LogP contribution < -0.4 is 10.6 Å². The van der Waals surface area contributed by atoms with Crippen LogP contribution in [0.25, 0.3) is 0 Å². The van der Waals surface area contributed by atoms with Gasteiger partial charge < -0.3 is 15.4 Å². The van der Waals surface area contributed by atoms with Gasteiger partial charge in [-0.3, -0.25) is 5.41 Å². The fourth-order valence-electron chi connectivity index (χ4n) is 2.65. The van der Waals surface area contributed by atoms with Crippen LogP contribution in [0.15, 0.2) is 23.1 Å². The van der Waals surface area contributed by atoms with Gasteiger partial charge in [-0.05, 0) is 24.8 Å². The summed E-state index contributed by atoms with van der Waals surface area (Å²) >= 11 is 1.64. The second kappa shape index (κ2) is 6.30. The third-order valence-corrected chi connectivity index (χ3v) is 4.30. The molecule has 0 amide bonds. The molecule has 3 N–H and O–H groups in total. The number of amidine groups is 1. The second-order valence-electron chi connectivity index (χ2n) is 4.82. The van der Waals surface area contributed by atoms with Crippen LogP contribution in [0.3, 0.4) is 0 Å². The molecule has 0 aromatic heterocycles. The van der Waals surface area contributed by atoms with Gasteiger partial charge in [-0.15, -0.1) is 11.8 Å². The maximum atomic E-state index is 7.83. The molecule has 1 aliphatic rings. The molecule has 1 saturated heterocycles. The van der Waals surface area contributed by atoms with E-state index < -0.39 is 0 Å². The highest BCUT2D eigenvalue weighted by Gasteiger charge is 2.25. The number of nitrogens with one attached hydrogen (secondary N) is 1. The average Bonchev–Trinajstić information content (AvgIpc) is 2.86. The van der Waals surface area contributed by atoms with Crippen molar-refractivity contribution in [2.75, 3.05) is 38.0 Å². The summed E-state index contributed by atoms with van der Waals surface area (Å²) in [7, 11) is 1.75. The quantitative estimate of drug-likeness (QED) is 0.492. The number of anilines is 1. The number of ether oxygens (including phenoxy) is 1. The second-order valence-corrected chi connectivity index (χ2v) is 5.67. The lowest BCUT2D eigenvalue weighted by Crippen LogP contribution is -2.25. The van der Waals surface area contributed by atoms with Gasteiger partial charge >= 0.3 is 0 Å². The highest BCUT2D eigenvalue weighted by atomic mass is 32.2. The molecule has 1 unspecified atom stereocenters. The summed E-state index contributed by atoms with van der Waals surface area (Å²) in [5.74, 6) is 0.720. The van der Waals surface area contributed by atoms with E-state index in [1.165, 1.54) is 0 Å². The zero-order valence-corrected chi connectivity index (χ0v) is 12.3. The van der Waals surface area contributed by atoms with Crippen molar-refractivity contribution in [3.05, 3.63) is 23.8 Å². The number of methoxy groups -OCH3 is 1. The van der Waals surface area contributed by atoms with Gasteiger partial charge in [0.15, 0.2) is 0 Å². The van der Waals surface area contributed by atoms with Gasteiger partial charge in [0.2, 0.25) is 0 Å². The molecule has 5 heteroatoms. The summed E-state index contributed by atoms with van der Waals surface area (Å²) in [6, 6.07) is 6.12. The van der Waals surface area contributed by atoms with Crippen molar-refractivity contribution in [1.29, 1.82) is 5.41 Å². The molecule has 0 aliphatic carbocycles. The van der Waals surface area contributed by atoms with Crippen LogP contribution in [0.5, 0.6) is 0 Å². The van der Waals surface area contributed by atoms with E-state index in [0.717, 1.165) is 42.3 Å². The first-order valence-electron chi connectivity index (χ1n) is 6.42. The third kappa shape index (κ3) is 3.04. The van der Waals surface area contributed by atoms with Crippen LogP contribution in [-0.4, -0.2) is 38.9 Å². The molecule has 0 radical (unpaired) electrons. The van der Waals surface area contributed by atoms with Gasteiger partial charge in [0.1, 0.15) is 5.84 Å². The molecule has 1 aromatic rings. The molecule has 0 spiro atoms. The van der Waals surface area contributed by atoms with E-state index >= 15 is 0 Å². The maximum absolute atomic E-state index is 7.83. The van der Waals surface area contributed by atoms with Crippen LogP contribution in [0.4, 0.5) is 5.69 Å². The Morgan fingerprint density at radius 3 is 3.00 bits per heavy atom. The molecule has 1 fully saturated rings. The Bertz CT molecular complexity index is 464. The molecule has 1 heterocycles. The first-order valence-corrected chi connectivity index (χ1v) is 7.65. The number of nitrogens with two attached hydrogens (primary N) is 1. The van der Waals surface area contributed by atoms with E-state index in [9.17, 15) is 0 Å². The minimum Gasteiger partial charge on any atom is -0.384 e. The lowest BCUT2D eigenvalue weighted by molar-refractivity contribution is 0.161. The lowest BCUT2D eigenvalue weighted by Gasteiger charge is -2.23. The molecule has 1 aliphatic heterocycles. The molecule has 1 atom stereocenters. The van der Waals surface area contributed by atoms with Gasteiger partial charge in [-0.25, -0.2) is 0 Å². The monoisotopic (exact) mass is 279 g/mol. The van der Waals surface area contributed by atoms with Gasteiger partial charge in [-0.1, -0.05) is 6.07 Å². The summed E-state index contributed by atoms with van der Waals surface area (Å²) in [6.45, 7) is 2.78. The van der Waals surface area contributed by atoms with E-state index in [-0.39, 0.29) is 5.84 Å². The van der Waals surface area contributed by atoms with E-state index in [1.54, 1.807) is 18.9 Å². The minimum atomic E-state index is 0.148. The maximum Gasteiger partial charge on any atom is 0.126 e. The molecular formula is C14H21N3OS. The van der Waals surface area contributed by atoms with Crippen molar-refractivity contribution in [3.63, 3.8) is 0 Å². The normalized spacial score (nSPS) is 18.8. The van der Waals surface area contributed by atoms with Gasteiger partial charge in [-0.2, -0.15) is 0 Å². The first kappa shape index (κ1) is 14.2. The van der Waals surface area contributed by atoms with E-state index in [4.69, 9.17) is 15.9 Å². The molecule has 4 nitrogen and oxygen atoms in total. The topological polar surface area (TPSA) is 62.3 Å². The Morgan fingerprint density at radius 1 is 1.58 bits per heavy atom. The fraction of sp³-hybridized carbons (Fsp3) is 0.500. The predicted molar refractivity (Wildman–Crippen MR) is 81.4 cm³/mol. The summed E-state index contributed by atoms with van der Waals surface area (Å²) in [4.78, 5) is 3.39. The summed E-state index contributed by atoms with van der Waals surface area (Å²) in [5.41, 5.74) is 7.72. The van der Waals surface area contributed by atoms with Crippen LogP contribution in [-0.2, 0) is 4.74 Å². The number of nitrogen functional groups attached to an aromatic ring is 1. The van der Waals surface area contributed by atoms with Crippen LogP contribution >= 0.6 is 11.8 Å². The van der Waals surface area contributed by atoms with Crippen LogP contribution in [0, 0.1) is 11.3 Å². The number of nitrogens with zero attached hydrogens (tertiary/aromatic N) is 1. The Morgan fingerprint density at radius 2 is 2.37 bits per heavy atom. The molecular weight excluding hydrogens is 258 g/mol. The Kier molecular flexibility index (Phi) is 4.71. The SMILES string of the molecule is COCC1CCN(c2cccc(SC)c2C(=N)N)C1. The van der Waals surface area contributed by atoms with E-state index in [0.29, 0.717) is 5.92 Å². The smallest absolute Gasteiger partial charge is 0.126 e. The number of thioether (sulfide) groups is 1. The summed E-state index contributed by atoms with van der Waals surface area (Å²) in [5, 5.41) is 7.83. The molecule has 0 bridgehead atoms. The largest absolute Gasteiger partial charge is 0.384 e. The van der Waals surface area contributed by atoms with Gasteiger partial charge in [0, 0.05) is 36.7 Å². The third-order valence-electron chi connectivity index (χ3n) is 3.52. The Hall–Kier alpha value is -1.20. The highest BCUT2D eigenvalue weighted by molar-refractivity contribution is 7.98. The molecule has 104 valence electrons. The molecule has 1 aromatic carbocycles. The van der Waals surface area contributed by atoms with Crippen molar-refractivity contribution in [3.8, 4) is 0 Å². The highest BCUT2D eigenvalue weighted by Crippen LogP contribution is 2.32. The number of benzene rings is 1. The zero-order valence-electron chi connectivity index (χ0n) is 11.5. The lowest BCUT2D eigenvalue weighted by atomic mass is 10.1. The first-order chi connectivity index (χ1) is 9.17. The Balaban J connectivity index is 2.28. The van der Waals surface area contributed by atoms with E-state index in [1.807, 2.05) is 18.4 Å². The van der Waals surface area contributed by atoms with Gasteiger partial charge in [0.25, 0.3) is 0 Å². The number of hydrogen-bond donors (Lipinski definition) is 2. The van der Waals surface area contributed by atoms with Gasteiger partial charge in [0.05, 0.1) is 12.2 Å². The van der Waals surface area contributed by atoms with E-state index in [2.05, 4.69) is 11.0 Å². The predicted octanol–water partition coefficient (Wildman–Crippen LogP) is 2.17. The summed E-state index contributed by atoms with van der Waals surface area (Å²) < 4.78 is 5.23. The van der Waals surface area contributed by atoms with Crippen molar-refractivity contribution < 1.29 is 4.74 Å². The van der Waals surface area contributed by atoms with Crippen LogP contribution in [0.2, 0.25) is 0 Å². The molecule has 19 heavy (non-hydrogen) atoms. The minimum absolute atomic E-state index is 0.148. The zero-order chi connectivity index (χ0) is 13.8. The molecule has 2 rings (SSSR count). The fourth-order valence-corrected chi connectivity index (χ4v) is 3.28.